The van der Waals surface area contributed by atoms with Crippen LogP contribution in [0, 0.1) is 0 Å². The first-order valence-electron chi connectivity index (χ1n) is 4.00. The number of aliphatic carboxylic acids is 1. The molecular weight excluding hydrogens is 176 g/mol. The highest BCUT2D eigenvalue weighted by atomic mass is 16.4. The second-order valence-electron chi connectivity index (χ2n) is 3.13. The lowest BCUT2D eigenvalue weighted by Crippen LogP contribution is -2.53. The lowest BCUT2D eigenvalue weighted by Gasteiger charge is -2.33. The highest BCUT2D eigenvalue weighted by Gasteiger charge is 2.34. The second kappa shape index (κ2) is 3.61. The van der Waals surface area contributed by atoms with Gasteiger partial charge in [-0.3, -0.25) is 4.90 Å². The molecule has 1 aliphatic rings. The fraction of sp³-hybridized carbons (Fsp3) is 0.714. The maximum atomic E-state index is 10.6. The van der Waals surface area contributed by atoms with Gasteiger partial charge >= 0.3 is 12.1 Å². The Morgan fingerprint density at radius 2 is 1.92 bits per heavy atom. The predicted octanol–water partition coefficient (Wildman–Crippen LogP) is -0.459. The average molecular weight is 188 g/mol. The third-order valence-electron chi connectivity index (χ3n) is 2.15. The molecule has 2 atom stereocenters. The summed E-state index contributed by atoms with van der Waals surface area (Å²) in [5.74, 6) is -1.10. The minimum Gasteiger partial charge on any atom is -0.480 e. The van der Waals surface area contributed by atoms with Crippen LogP contribution in [0.4, 0.5) is 4.79 Å². The fourth-order valence-electron chi connectivity index (χ4n) is 1.47. The summed E-state index contributed by atoms with van der Waals surface area (Å²) in [5, 5.41) is 17.4. The Kier molecular flexibility index (Phi) is 2.72. The SMILES string of the molecule is NC1CC[C@H](C(=O)O)N(C(=O)O)C1. The van der Waals surface area contributed by atoms with E-state index in [9.17, 15) is 9.59 Å². The quantitative estimate of drug-likeness (QED) is 0.516. The number of nitrogens with two attached hydrogens (primary N) is 1. The average Bonchev–Trinajstić information content (AvgIpc) is 2.03. The topological polar surface area (TPSA) is 104 Å². The number of likely N-dealkylation sites (tertiary alicyclic amines) is 1. The smallest absolute Gasteiger partial charge is 0.408 e. The van der Waals surface area contributed by atoms with Gasteiger partial charge in [-0.1, -0.05) is 0 Å². The van der Waals surface area contributed by atoms with Crippen LogP contribution >= 0.6 is 0 Å². The number of carboxylic acid groups (broad SMARTS) is 2. The van der Waals surface area contributed by atoms with Crippen molar-refractivity contribution in [3.05, 3.63) is 0 Å². The number of carboxylic acids is 1. The Morgan fingerprint density at radius 1 is 1.31 bits per heavy atom. The van der Waals surface area contributed by atoms with Gasteiger partial charge in [0.1, 0.15) is 6.04 Å². The van der Waals surface area contributed by atoms with E-state index >= 15 is 0 Å². The summed E-state index contributed by atoms with van der Waals surface area (Å²) in [6, 6.07) is -1.18. The molecule has 13 heavy (non-hydrogen) atoms. The van der Waals surface area contributed by atoms with Crippen molar-refractivity contribution in [3.8, 4) is 0 Å². The molecule has 6 heteroatoms. The Bertz CT molecular complexity index is 231. The zero-order valence-corrected chi connectivity index (χ0v) is 7.01. The molecule has 0 aromatic carbocycles. The Labute approximate surface area is 74.9 Å². The zero-order chi connectivity index (χ0) is 10.0. The number of hydrogen-bond acceptors (Lipinski definition) is 3. The van der Waals surface area contributed by atoms with Gasteiger partial charge in [0.2, 0.25) is 0 Å². The van der Waals surface area contributed by atoms with E-state index in [1.54, 1.807) is 0 Å². The summed E-state index contributed by atoms with van der Waals surface area (Å²) in [4.78, 5) is 22.1. The molecule has 1 amide bonds. The van der Waals surface area contributed by atoms with Gasteiger partial charge in [0.15, 0.2) is 0 Å². The van der Waals surface area contributed by atoms with Crippen LogP contribution in [0.2, 0.25) is 0 Å². The van der Waals surface area contributed by atoms with E-state index in [1.807, 2.05) is 0 Å². The van der Waals surface area contributed by atoms with E-state index in [-0.39, 0.29) is 12.6 Å². The summed E-state index contributed by atoms with van der Waals surface area (Å²) >= 11 is 0. The summed E-state index contributed by atoms with van der Waals surface area (Å²) in [7, 11) is 0. The third-order valence-corrected chi connectivity index (χ3v) is 2.15. The molecule has 74 valence electrons. The molecule has 1 fully saturated rings. The first kappa shape index (κ1) is 9.79. The molecule has 4 N–H and O–H groups in total. The lowest BCUT2D eigenvalue weighted by molar-refractivity contribution is -0.143. The van der Waals surface area contributed by atoms with Gasteiger partial charge in [-0.05, 0) is 12.8 Å². The van der Waals surface area contributed by atoms with E-state index in [1.165, 1.54) is 0 Å². The molecule has 0 radical (unpaired) electrons. The molecule has 1 unspecified atom stereocenters. The molecule has 0 bridgehead atoms. The van der Waals surface area contributed by atoms with Gasteiger partial charge in [-0.25, -0.2) is 9.59 Å². The lowest BCUT2D eigenvalue weighted by atomic mass is 9.99. The van der Waals surface area contributed by atoms with Gasteiger partial charge < -0.3 is 15.9 Å². The maximum absolute atomic E-state index is 10.6. The minimum absolute atomic E-state index is 0.103. The van der Waals surface area contributed by atoms with Crippen molar-refractivity contribution < 1.29 is 19.8 Å². The number of nitrogens with zero attached hydrogens (tertiary/aromatic N) is 1. The van der Waals surface area contributed by atoms with Crippen molar-refractivity contribution >= 4 is 12.1 Å². The van der Waals surface area contributed by atoms with Crippen molar-refractivity contribution in [1.82, 2.24) is 4.90 Å². The minimum atomic E-state index is -1.22. The van der Waals surface area contributed by atoms with Crippen LogP contribution in [-0.4, -0.2) is 45.8 Å². The Balaban J connectivity index is 2.72. The van der Waals surface area contributed by atoms with Gasteiger partial charge in [-0.15, -0.1) is 0 Å². The molecule has 1 heterocycles. The van der Waals surface area contributed by atoms with Crippen LogP contribution in [0.5, 0.6) is 0 Å². The van der Waals surface area contributed by atoms with E-state index in [2.05, 4.69) is 0 Å². The van der Waals surface area contributed by atoms with Crippen LogP contribution in [0.1, 0.15) is 12.8 Å². The summed E-state index contributed by atoms with van der Waals surface area (Å²) < 4.78 is 0. The van der Waals surface area contributed by atoms with Gasteiger partial charge in [-0.2, -0.15) is 0 Å². The second-order valence-corrected chi connectivity index (χ2v) is 3.13. The molecule has 0 aliphatic carbocycles. The number of amides is 1. The molecule has 0 saturated carbocycles. The van der Waals surface area contributed by atoms with Crippen LogP contribution in [0.25, 0.3) is 0 Å². The third kappa shape index (κ3) is 2.09. The summed E-state index contributed by atoms with van der Waals surface area (Å²) in [5.41, 5.74) is 5.53. The number of hydrogen-bond donors (Lipinski definition) is 3. The van der Waals surface area contributed by atoms with Crippen LogP contribution < -0.4 is 5.73 Å². The largest absolute Gasteiger partial charge is 0.480 e. The molecule has 1 aliphatic heterocycles. The molecule has 0 spiro atoms. The standard InChI is InChI=1S/C7H12N2O4/c8-4-1-2-5(6(10)11)9(3-4)7(12)13/h4-5H,1-3,8H2,(H,10,11)(H,12,13)/t4?,5-/m1/s1. The van der Waals surface area contributed by atoms with E-state index in [0.717, 1.165) is 4.90 Å². The summed E-state index contributed by atoms with van der Waals surface area (Å²) in [6.45, 7) is 0.103. The zero-order valence-electron chi connectivity index (χ0n) is 7.01. The van der Waals surface area contributed by atoms with Gasteiger partial charge in [0, 0.05) is 12.6 Å². The molecule has 1 rings (SSSR count). The first-order valence-corrected chi connectivity index (χ1v) is 4.00. The predicted molar refractivity (Wildman–Crippen MR) is 43.4 cm³/mol. The fourth-order valence-corrected chi connectivity index (χ4v) is 1.47. The van der Waals surface area contributed by atoms with Crippen molar-refractivity contribution in [2.75, 3.05) is 6.54 Å². The van der Waals surface area contributed by atoms with E-state index < -0.39 is 18.1 Å². The van der Waals surface area contributed by atoms with Crippen LogP contribution in [0.3, 0.4) is 0 Å². The van der Waals surface area contributed by atoms with Crippen molar-refractivity contribution in [2.24, 2.45) is 5.73 Å². The molecule has 6 nitrogen and oxygen atoms in total. The molecular formula is C7H12N2O4. The molecule has 0 aromatic heterocycles. The normalized spacial score (nSPS) is 28.5. The molecule has 1 saturated heterocycles. The number of carbonyl (C=O) groups is 2. The first-order chi connectivity index (χ1) is 6.02. The Morgan fingerprint density at radius 3 is 2.38 bits per heavy atom. The number of piperidine rings is 1. The number of rotatable bonds is 1. The highest BCUT2D eigenvalue weighted by Crippen LogP contribution is 2.16. The van der Waals surface area contributed by atoms with Crippen molar-refractivity contribution in [2.45, 2.75) is 24.9 Å². The van der Waals surface area contributed by atoms with Crippen LogP contribution in [0.15, 0.2) is 0 Å². The monoisotopic (exact) mass is 188 g/mol. The summed E-state index contributed by atoms with van der Waals surface area (Å²) in [6.07, 6.45) is -0.369. The van der Waals surface area contributed by atoms with Crippen molar-refractivity contribution in [3.63, 3.8) is 0 Å². The van der Waals surface area contributed by atoms with E-state index in [0.29, 0.717) is 12.8 Å². The highest BCUT2D eigenvalue weighted by molar-refractivity contribution is 5.79. The van der Waals surface area contributed by atoms with Crippen LogP contribution in [-0.2, 0) is 4.79 Å². The van der Waals surface area contributed by atoms with Gasteiger partial charge in [0.05, 0.1) is 0 Å². The maximum Gasteiger partial charge on any atom is 0.408 e. The van der Waals surface area contributed by atoms with E-state index in [4.69, 9.17) is 15.9 Å². The van der Waals surface area contributed by atoms with Crippen molar-refractivity contribution in [1.29, 1.82) is 0 Å². The Hall–Kier alpha value is -1.30. The van der Waals surface area contributed by atoms with Gasteiger partial charge in [0.25, 0.3) is 0 Å². The molecule has 0 aromatic rings.